The van der Waals surface area contributed by atoms with E-state index < -0.39 is 6.10 Å². The minimum Gasteiger partial charge on any atom is -0.394 e. The van der Waals surface area contributed by atoms with Crippen LogP contribution in [0.4, 0.5) is 0 Å². The summed E-state index contributed by atoms with van der Waals surface area (Å²) in [4.78, 5) is 14.2. The van der Waals surface area contributed by atoms with Crippen molar-refractivity contribution in [2.45, 2.75) is 71.3 Å². The largest absolute Gasteiger partial charge is 0.394 e. The Bertz CT molecular complexity index is 250. The van der Waals surface area contributed by atoms with Crippen LogP contribution in [0.25, 0.3) is 0 Å². The summed E-state index contributed by atoms with van der Waals surface area (Å²) < 4.78 is 0. The third-order valence-electron chi connectivity index (χ3n) is 3.78. The number of rotatable bonds is 15. The van der Waals surface area contributed by atoms with Crippen molar-refractivity contribution in [1.29, 1.82) is 0 Å². The number of unbranched alkanes of at least 4 members (excludes halogenated alkanes) is 6. The summed E-state index contributed by atoms with van der Waals surface area (Å²) in [5.74, 6) is 0.0955. The predicted octanol–water partition coefficient (Wildman–Crippen LogP) is 1.92. The number of aliphatic hydroxyl groups is 2. The average Bonchev–Trinajstić information content (AvgIpc) is 2.53. The van der Waals surface area contributed by atoms with Crippen LogP contribution in [0.15, 0.2) is 0 Å². The van der Waals surface area contributed by atoms with Crippen molar-refractivity contribution in [1.82, 2.24) is 10.2 Å². The van der Waals surface area contributed by atoms with Gasteiger partial charge < -0.3 is 20.4 Å². The van der Waals surface area contributed by atoms with Gasteiger partial charge in [0.2, 0.25) is 5.91 Å². The van der Waals surface area contributed by atoms with Gasteiger partial charge in [0.25, 0.3) is 0 Å². The first-order valence-corrected chi connectivity index (χ1v) is 8.93. The number of nitrogens with zero attached hydrogens (tertiary/aromatic N) is 1. The van der Waals surface area contributed by atoms with Crippen molar-refractivity contribution in [2.24, 2.45) is 0 Å². The highest BCUT2D eigenvalue weighted by atomic mass is 16.3. The molecule has 0 aliphatic carbocycles. The topological polar surface area (TPSA) is 72.8 Å². The molecule has 0 aromatic rings. The van der Waals surface area contributed by atoms with Crippen molar-refractivity contribution in [3.05, 3.63) is 0 Å². The van der Waals surface area contributed by atoms with Crippen LogP contribution in [0, 0.1) is 0 Å². The Balaban J connectivity index is 4.07. The maximum absolute atomic E-state index is 12.3. The van der Waals surface area contributed by atoms with Gasteiger partial charge in [-0.3, -0.25) is 4.79 Å². The van der Waals surface area contributed by atoms with E-state index in [1.54, 1.807) is 0 Å². The molecule has 3 N–H and O–H groups in total. The molecule has 0 spiro atoms. The van der Waals surface area contributed by atoms with Gasteiger partial charge in [-0.15, -0.1) is 0 Å². The molecule has 1 atom stereocenters. The fourth-order valence-corrected chi connectivity index (χ4v) is 2.34. The maximum Gasteiger partial charge on any atom is 0.236 e. The van der Waals surface area contributed by atoms with Crippen molar-refractivity contribution in [3.63, 3.8) is 0 Å². The third-order valence-corrected chi connectivity index (χ3v) is 3.78. The Morgan fingerprint density at radius 2 is 1.55 bits per heavy atom. The van der Waals surface area contributed by atoms with Crippen LogP contribution in [0.5, 0.6) is 0 Å². The second kappa shape index (κ2) is 15.3. The monoisotopic (exact) mass is 316 g/mol. The summed E-state index contributed by atoms with van der Waals surface area (Å²) in [6, 6.07) is 0. The fraction of sp³-hybridized carbons (Fsp3) is 0.941. The minimum atomic E-state index is -0.796. The van der Waals surface area contributed by atoms with Crippen LogP contribution in [0.3, 0.4) is 0 Å². The van der Waals surface area contributed by atoms with Crippen molar-refractivity contribution in [3.8, 4) is 0 Å². The number of nitrogens with one attached hydrogen (secondary N) is 1. The zero-order valence-corrected chi connectivity index (χ0v) is 14.5. The normalized spacial score (nSPS) is 12.4. The van der Waals surface area contributed by atoms with Gasteiger partial charge in [-0.2, -0.15) is 0 Å². The summed E-state index contributed by atoms with van der Waals surface area (Å²) in [7, 11) is 0. The molecule has 0 radical (unpaired) electrons. The number of hydrogen-bond acceptors (Lipinski definition) is 4. The van der Waals surface area contributed by atoms with Crippen molar-refractivity contribution >= 4 is 5.91 Å². The molecule has 22 heavy (non-hydrogen) atoms. The Labute approximate surface area is 136 Å². The van der Waals surface area contributed by atoms with Crippen molar-refractivity contribution < 1.29 is 15.0 Å². The van der Waals surface area contributed by atoms with Gasteiger partial charge in [0.05, 0.1) is 19.3 Å². The molecule has 0 rings (SSSR count). The van der Waals surface area contributed by atoms with Gasteiger partial charge in [0.15, 0.2) is 0 Å². The molecule has 5 nitrogen and oxygen atoms in total. The summed E-state index contributed by atoms with van der Waals surface area (Å²) in [6.07, 6.45) is 8.51. The molecule has 0 saturated carbocycles. The lowest BCUT2D eigenvalue weighted by Gasteiger charge is -2.23. The Morgan fingerprint density at radius 1 is 1.00 bits per heavy atom. The van der Waals surface area contributed by atoms with Crippen molar-refractivity contribution in [2.75, 3.05) is 32.8 Å². The summed E-state index contributed by atoms with van der Waals surface area (Å²) >= 11 is 0. The molecule has 0 fully saturated rings. The number of amides is 1. The molecule has 5 heteroatoms. The van der Waals surface area contributed by atoms with E-state index in [4.69, 9.17) is 5.11 Å². The molecule has 0 aromatic carbocycles. The van der Waals surface area contributed by atoms with Crippen LogP contribution in [0.2, 0.25) is 0 Å². The zero-order chi connectivity index (χ0) is 16.6. The van der Waals surface area contributed by atoms with E-state index in [-0.39, 0.29) is 25.6 Å². The van der Waals surface area contributed by atoms with E-state index in [1.165, 1.54) is 38.5 Å². The molecule has 1 amide bonds. The minimum absolute atomic E-state index is 0.0955. The Kier molecular flexibility index (Phi) is 14.8. The van der Waals surface area contributed by atoms with Crippen LogP contribution in [0.1, 0.15) is 65.2 Å². The van der Waals surface area contributed by atoms with E-state index >= 15 is 0 Å². The standard InChI is InChI=1S/C17H36N2O3/c1-3-5-7-9-11-19(12-10-8-6-4-2)17(22)14-18-13-16(21)15-20/h16,18,20-21H,3-15H2,1-2H3. The van der Waals surface area contributed by atoms with Crippen LogP contribution in [-0.4, -0.2) is 59.9 Å². The highest BCUT2D eigenvalue weighted by Crippen LogP contribution is 2.05. The summed E-state index contributed by atoms with van der Waals surface area (Å²) in [5, 5.41) is 20.9. The summed E-state index contributed by atoms with van der Waals surface area (Å²) in [6.45, 7) is 6.23. The van der Waals surface area contributed by atoms with Gasteiger partial charge >= 0.3 is 0 Å². The Hall–Kier alpha value is -0.650. The molecule has 0 aliphatic rings. The molecule has 0 aromatic heterocycles. The molecule has 0 heterocycles. The van der Waals surface area contributed by atoms with Gasteiger partial charge in [-0.1, -0.05) is 52.4 Å². The lowest BCUT2D eigenvalue weighted by atomic mass is 10.1. The van der Waals surface area contributed by atoms with E-state index in [2.05, 4.69) is 19.2 Å². The maximum atomic E-state index is 12.3. The highest BCUT2D eigenvalue weighted by molar-refractivity contribution is 5.78. The second-order valence-corrected chi connectivity index (χ2v) is 5.97. The fourth-order valence-electron chi connectivity index (χ4n) is 2.34. The van der Waals surface area contributed by atoms with E-state index in [1.807, 2.05) is 4.90 Å². The highest BCUT2D eigenvalue weighted by Gasteiger charge is 2.13. The van der Waals surface area contributed by atoms with Crippen LogP contribution < -0.4 is 5.32 Å². The van der Waals surface area contributed by atoms with Gasteiger partial charge in [0, 0.05) is 19.6 Å². The quantitative estimate of drug-likeness (QED) is 0.404. The first-order valence-electron chi connectivity index (χ1n) is 8.93. The second-order valence-electron chi connectivity index (χ2n) is 5.97. The van der Waals surface area contributed by atoms with E-state index in [9.17, 15) is 9.90 Å². The van der Waals surface area contributed by atoms with Gasteiger partial charge in [-0.05, 0) is 12.8 Å². The lowest BCUT2D eigenvalue weighted by Crippen LogP contribution is -2.41. The molecule has 132 valence electrons. The number of carbonyl (C=O) groups excluding carboxylic acids is 1. The van der Waals surface area contributed by atoms with Gasteiger partial charge in [-0.25, -0.2) is 0 Å². The zero-order valence-electron chi connectivity index (χ0n) is 14.5. The number of aliphatic hydroxyl groups excluding tert-OH is 2. The third kappa shape index (κ3) is 12.0. The number of hydrogen-bond donors (Lipinski definition) is 3. The van der Waals surface area contributed by atoms with E-state index in [0.717, 1.165) is 25.9 Å². The SMILES string of the molecule is CCCCCCN(CCCCCC)C(=O)CNCC(O)CO. The molecular formula is C17H36N2O3. The predicted molar refractivity (Wildman–Crippen MR) is 90.8 cm³/mol. The van der Waals surface area contributed by atoms with E-state index in [0.29, 0.717) is 0 Å². The first kappa shape index (κ1) is 21.4. The number of carbonyl (C=O) groups is 1. The first-order chi connectivity index (χ1) is 10.7. The molecule has 0 aliphatic heterocycles. The molecule has 0 bridgehead atoms. The Morgan fingerprint density at radius 3 is 2.00 bits per heavy atom. The van der Waals surface area contributed by atoms with Crippen LogP contribution in [-0.2, 0) is 4.79 Å². The molecule has 1 unspecified atom stereocenters. The van der Waals surface area contributed by atoms with Crippen LogP contribution >= 0.6 is 0 Å². The average molecular weight is 316 g/mol. The molecule has 0 saturated heterocycles. The lowest BCUT2D eigenvalue weighted by molar-refractivity contribution is -0.130. The summed E-state index contributed by atoms with van der Waals surface area (Å²) in [5.41, 5.74) is 0. The molecular weight excluding hydrogens is 280 g/mol. The van der Waals surface area contributed by atoms with Gasteiger partial charge in [0.1, 0.15) is 0 Å². The smallest absolute Gasteiger partial charge is 0.236 e.